The average Bonchev–Trinajstić information content (AvgIpc) is 2.59. The van der Waals surface area contributed by atoms with Crippen LogP contribution in [-0.2, 0) is 11.3 Å². The van der Waals surface area contributed by atoms with Crippen molar-refractivity contribution in [2.24, 2.45) is 0 Å². The molecule has 2 heterocycles. The Morgan fingerprint density at radius 1 is 1.63 bits per heavy atom. The minimum atomic E-state index is -0.437. The van der Waals surface area contributed by atoms with E-state index < -0.39 is 5.60 Å². The van der Waals surface area contributed by atoms with Crippen LogP contribution < -0.4 is 5.32 Å². The number of halogens is 1. The molecular formula is C12H18ClN3O2S. The molecule has 0 aliphatic carbocycles. The van der Waals surface area contributed by atoms with Crippen LogP contribution in [0.4, 0.5) is 4.79 Å². The first-order valence-electron chi connectivity index (χ1n) is 6.15. The molecule has 0 radical (unpaired) electrons. The summed E-state index contributed by atoms with van der Waals surface area (Å²) in [6, 6.07) is 0.301. The van der Waals surface area contributed by atoms with Gasteiger partial charge in [-0.15, -0.1) is 11.3 Å². The minimum absolute atomic E-state index is 0.247. The van der Waals surface area contributed by atoms with Crippen LogP contribution in [0.2, 0.25) is 4.34 Å². The van der Waals surface area contributed by atoms with Gasteiger partial charge in [0.15, 0.2) is 0 Å². The third-order valence-corrected chi connectivity index (χ3v) is 3.72. The average molecular weight is 304 g/mol. The molecule has 0 bridgehead atoms. The monoisotopic (exact) mass is 303 g/mol. The lowest BCUT2D eigenvalue weighted by Gasteiger charge is -2.40. The van der Waals surface area contributed by atoms with E-state index in [9.17, 15) is 4.79 Å². The Labute approximate surface area is 121 Å². The van der Waals surface area contributed by atoms with Crippen LogP contribution in [0.15, 0.2) is 6.20 Å². The molecule has 19 heavy (non-hydrogen) atoms. The summed E-state index contributed by atoms with van der Waals surface area (Å²) < 4.78 is 5.98. The number of nitrogens with one attached hydrogen (secondary N) is 1. The highest BCUT2D eigenvalue weighted by Crippen LogP contribution is 2.19. The largest absolute Gasteiger partial charge is 0.444 e. The molecule has 0 spiro atoms. The smallest absolute Gasteiger partial charge is 0.410 e. The van der Waals surface area contributed by atoms with Gasteiger partial charge in [-0.1, -0.05) is 11.6 Å². The number of ether oxygens (including phenoxy) is 1. The van der Waals surface area contributed by atoms with Crippen molar-refractivity contribution >= 4 is 29.0 Å². The summed E-state index contributed by atoms with van der Waals surface area (Å²) in [6.45, 7) is 7.64. The van der Waals surface area contributed by atoms with Gasteiger partial charge in [0.2, 0.25) is 0 Å². The molecule has 5 nitrogen and oxygen atoms in total. The number of hydrogen-bond donors (Lipinski definition) is 1. The number of thiazole rings is 1. The first kappa shape index (κ1) is 14.6. The quantitative estimate of drug-likeness (QED) is 0.932. The Balaban J connectivity index is 1.67. The van der Waals surface area contributed by atoms with Crippen molar-refractivity contribution in [3.8, 4) is 0 Å². The molecule has 7 heteroatoms. The first-order valence-corrected chi connectivity index (χ1v) is 7.34. The van der Waals surface area contributed by atoms with Gasteiger partial charge in [-0.3, -0.25) is 0 Å². The van der Waals surface area contributed by atoms with Gasteiger partial charge < -0.3 is 15.0 Å². The molecule has 0 unspecified atom stereocenters. The van der Waals surface area contributed by atoms with Gasteiger partial charge in [-0.2, -0.15) is 0 Å². The zero-order valence-electron chi connectivity index (χ0n) is 11.3. The number of rotatable bonds is 3. The zero-order chi connectivity index (χ0) is 14.0. The SMILES string of the molecule is CC(C)(C)OC(=O)N1CC(NCc2ncc(Cl)s2)C1. The lowest BCUT2D eigenvalue weighted by atomic mass is 10.1. The number of likely N-dealkylation sites (tertiary alicyclic amines) is 1. The molecule has 1 aliphatic heterocycles. The minimum Gasteiger partial charge on any atom is -0.444 e. The normalized spacial score (nSPS) is 16.3. The maximum absolute atomic E-state index is 11.7. The fourth-order valence-electron chi connectivity index (χ4n) is 1.68. The van der Waals surface area contributed by atoms with Crippen LogP contribution in [0.5, 0.6) is 0 Å². The third-order valence-electron chi connectivity index (χ3n) is 2.60. The highest BCUT2D eigenvalue weighted by Gasteiger charge is 2.33. The van der Waals surface area contributed by atoms with E-state index in [2.05, 4.69) is 10.3 Å². The lowest BCUT2D eigenvalue weighted by molar-refractivity contribution is 0.00519. The van der Waals surface area contributed by atoms with Gasteiger partial charge in [-0.05, 0) is 20.8 Å². The van der Waals surface area contributed by atoms with Crippen molar-refractivity contribution in [2.45, 2.75) is 39.0 Å². The van der Waals surface area contributed by atoms with Crippen molar-refractivity contribution in [2.75, 3.05) is 13.1 Å². The maximum Gasteiger partial charge on any atom is 0.410 e. The number of carbonyl (C=O) groups excluding carboxylic acids is 1. The van der Waals surface area contributed by atoms with Gasteiger partial charge >= 0.3 is 6.09 Å². The summed E-state index contributed by atoms with van der Waals surface area (Å²) in [5, 5.41) is 4.30. The Hall–Kier alpha value is -0.850. The second-order valence-corrected chi connectivity index (χ2v) is 7.27. The van der Waals surface area contributed by atoms with E-state index in [1.54, 1.807) is 11.1 Å². The van der Waals surface area contributed by atoms with Crippen molar-refractivity contribution in [1.29, 1.82) is 0 Å². The highest BCUT2D eigenvalue weighted by molar-refractivity contribution is 7.15. The van der Waals surface area contributed by atoms with Crippen molar-refractivity contribution in [3.05, 3.63) is 15.5 Å². The number of amides is 1. The van der Waals surface area contributed by atoms with E-state index in [0.29, 0.717) is 30.0 Å². The van der Waals surface area contributed by atoms with Gasteiger partial charge in [0.25, 0.3) is 0 Å². The fourth-order valence-corrected chi connectivity index (χ4v) is 2.59. The molecule has 0 atom stereocenters. The molecule has 1 N–H and O–H groups in total. The topological polar surface area (TPSA) is 54.5 Å². The standard InChI is InChI=1S/C12H18ClN3O2S/c1-12(2,3)18-11(17)16-6-8(7-16)14-5-10-15-4-9(13)19-10/h4,8,14H,5-7H2,1-3H3. The second-order valence-electron chi connectivity index (χ2n) is 5.52. The third kappa shape index (κ3) is 4.33. The van der Waals surface area contributed by atoms with E-state index in [-0.39, 0.29) is 6.09 Å². The van der Waals surface area contributed by atoms with Crippen LogP contribution in [0.25, 0.3) is 0 Å². The van der Waals surface area contributed by atoms with E-state index in [4.69, 9.17) is 16.3 Å². The number of nitrogens with zero attached hydrogens (tertiary/aromatic N) is 2. The van der Waals surface area contributed by atoms with Crippen molar-refractivity contribution < 1.29 is 9.53 Å². The predicted octanol–water partition coefficient (Wildman–Crippen LogP) is 2.51. The summed E-state index contributed by atoms with van der Waals surface area (Å²) >= 11 is 7.27. The summed E-state index contributed by atoms with van der Waals surface area (Å²) in [6.07, 6.45) is 1.40. The summed E-state index contributed by atoms with van der Waals surface area (Å²) in [5.74, 6) is 0. The van der Waals surface area contributed by atoms with Crippen LogP contribution in [0.1, 0.15) is 25.8 Å². The van der Waals surface area contributed by atoms with Crippen LogP contribution in [0.3, 0.4) is 0 Å². The van der Waals surface area contributed by atoms with Crippen LogP contribution in [-0.4, -0.2) is 40.7 Å². The zero-order valence-corrected chi connectivity index (χ0v) is 12.8. The number of carbonyl (C=O) groups is 1. The van der Waals surface area contributed by atoms with E-state index in [1.807, 2.05) is 20.8 Å². The molecule has 106 valence electrons. The molecule has 0 aromatic carbocycles. The molecule has 1 aromatic rings. The lowest BCUT2D eigenvalue weighted by Crippen LogP contribution is -2.60. The van der Waals surface area contributed by atoms with Crippen LogP contribution >= 0.6 is 22.9 Å². The van der Waals surface area contributed by atoms with E-state index in [1.165, 1.54) is 11.3 Å². The molecule has 2 rings (SSSR count). The molecule has 1 amide bonds. The molecule has 1 aromatic heterocycles. The maximum atomic E-state index is 11.7. The highest BCUT2D eigenvalue weighted by atomic mass is 35.5. The van der Waals surface area contributed by atoms with Gasteiger partial charge in [0.1, 0.15) is 14.9 Å². The van der Waals surface area contributed by atoms with Crippen molar-refractivity contribution in [3.63, 3.8) is 0 Å². The molecule has 1 saturated heterocycles. The summed E-state index contributed by atoms with van der Waals surface area (Å²) in [4.78, 5) is 17.6. The molecule has 1 aliphatic rings. The summed E-state index contributed by atoms with van der Waals surface area (Å²) in [5.41, 5.74) is -0.437. The number of hydrogen-bond acceptors (Lipinski definition) is 5. The Kier molecular flexibility index (Phi) is 4.32. The van der Waals surface area contributed by atoms with Gasteiger partial charge in [0, 0.05) is 25.7 Å². The fraction of sp³-hybridized carbons (Fsp3) is 0.667. The van der Waals surface area contributed by atoms with Crippen LogP contribution in [0, 0.1) is 0 Å². The Bertz CT molecular complexity index is 452. The first-order chi connectivity index (χ1) is 8.83. The van der Waals surface area contributed by atoms with Crippen molar-refractivity contribution in [1.82, 2.24) is 15.2 Å². The summed E-state index contributed by atoms with van der Waals surface area (Å²) in [7, 11) is 0. The van der Waals surface area contributed by atoms with E-state index in [0.717, 1.165) is 5.01 Å². The van der Waals surface area contributed by atoms with E-state index >= 15 is 0 Å². The second kappa shape index (κ2) is 5.64. The molecular weight excluding hydrogens is 286 g/mol. The Morgan fingerprint density at radius 2 is 2.32 bits per heavy atom. The van der Waals surface area contributed by atoms with Gasteiger partial charge in [0.05, 0.1) is 6.20 Å². The predicted molar refractivity (Wildman–Crippen MR) is 75.6 cm³/mol. The van der Waals surface area contributed by atoms with Gasteiger partial charge in [-0.25, -0.2) is 9.78 Å². The Morgan fingerprint density at radius 3 is 2.84 bits per heavy atom. The molecule has 0 saturated carbocycles. The molecule has 1 fully saturated rings. The number of aromatic nitrogens is 1.